The minimum absolute atomic E-state index is 0.114. The van der Waals surface area contributed by atoms with Gasteiger partial charge in [-0.1, -0.05) is 30.3 Å². The number of ketones is 1. The number of nitrogens with zero attached hydrogens (tertiary/aromatic N) is 2. The molecule has 3 aromatic carbocycles. The van der Waals surface area contributed by atoms with Crippen molar-refractivity contribution in [2.45, 2.75) is 0 Å². The first-order chi connectivity index (χ1) is 18.8. The summed E-state index contributed by atoms with van der Waals surface area (Å²) >= 11 is 0. The molecule has 39 heavy (non-hydrogen) atoms. The number of aromatic nitrogens is 1. The quantitative estimate of drug-likeness (QED) is 0.347. The molecular weight excluding hydrogens is 522 g/mol. The van der Waals surface area contributed by atoms with Crippen molar-refractivity contribution in [3.63, 3.8) is 0 Å². The van der Waals surface area contributed by atoms with Crippen molar-refractivity contribution in [3.05, 3.63) is 107 Å². The third kappa shape index (κ3) is 4.95. The van der Waals surface area contributed by atoms with Crippen LogP contribution in [-0.4, -0.2) is 61.8 Å². The van der Waals surface area contributed by atoms with E-state index >= 15 is 0 Å². The zero-order chi connectivity index (χ0) is 27.1. The van der Waals surface area contributed by atoms with E-state index in [-0.39, 0.29) is 29.5 Å². The Bertz CT molecular complexity index is 1730. The fraction of sp³-hybridized carbons (Fsp3) is 0.200. The molecule has 6 nitrogen and oxygen atoms in total. The number of benzene rings is 3. The molecule has 0 unspecified atom stereocenters. The highest BCUT2D eigenvalue weighted by molar-refractivity contribution is 7.91. The summed E-state index contributed by atoms with van der Waals surface area (Å²) in [5.74, 6) is -1.16. The highest BCUT2D eigenvalue weighted by atomic mass is 32.2. The predicted octanol–water partition coefficient (Wildman–Crippen LogP) is 4.78. The van der Waals surface area contributed by atoms with E-state index in [1.807, 2.05) is 35.2 Å². The summed E-state index contributed by atoms with van der Waals surface area (Å²) < 4.78 is 58.4. The van der Waals surface area contributed by atoms with Crippen LogP contribution in [0.1, 0.15) is 27.0 Å². The van der Waals surface area contributed by atoms with Crippen LogP contribution in [0, 0.1) is 11.6 Å². The molecule has 0 amide bonds. The van der Waals surface area contributed by atoms with Crippen LogP contribution in [0.25, 0.3) is 22.0 Å². The maximum Gasteiger partial charge on any atom is 0.195 e. The standard InChI is InChI=1S/C30H24F2N2O4S/c31-22-15-20(16-23(32)17-22)27-28(21-14-19-4-1-2-6-25(19)33-18-21)30(35)24-5-3-7-26(29(24)27)38-11-8-34-9-12-39(36,37)13-10-34/h1-7,14-18H,8-13H2. The number of carbonyl (C=O) groups is 1. The minimum atomic E-state index is -2.99. The lowest BCUT2D eigenvalue weighted by Crippen LogP contribution is -2.42. The van der Waals surface area contributed by atoms with E-state index in [0.717, 1.165) is 17.0 Å². The number of allylic oxidation sites excluding steroid dienone is 1. The number of hydrogen-bond acceptors (Lipinski definition) is 6. The molecule has 4 aromatic rings. The van der Waals surface area contributed by atoms with Crippen molar-refractivity contribution in [1.82, 2.24) is 9.88 Å². The molecule has 1 fully saturated rings. The number of halogens is 2. The second-order valence-corrected chi connectivity index (χ2v) is 12.0. The lowest BCUT2D eigenvalue weighted by Gasteiger charge is -2.26. The Morgan fingerprint density at radius 3 is 2.38 bits per heavy atom. The van der Waals surface area contributed by atoms with Crippen molar-refractivity contribution >= 4 is 37.7 Å². The van der Waals surface area contributed by atoms with Gasteiger partial charge < -0.3 is 4.74 Å². The van der Waals surface area contributed by atoms with E-state index in [0.29, 0.717) is 53.2 Å². The van der Waals surface area contributed by atoms with Gasteiger partial charge in [-0.05, 0) is 35.9 Å². The molecule has 1 saturated heterocycles. The van der Waals surface area contributed by atoms with Crippen LogP contribution in [0.15, 0.2) is 72.9 Å². The number of pyridine rings is 1. The number of fused-ring (bicyclic) bond motifs is 2. The van der Waals surface area contributed by atoms with Crippen LogP contribution in [0.3, 0.4) is 0 Å². The van der Waals surface area contributed by atoms with E-state index in [1.54, 1.807) is 24.4 Å². The molecule has 0 spiro atoms. The Hall–Kier alpha value is -3.95. The molecule has 6 rings (SSSR count). The Balaban J connectivity index is 1.42. The van der Waals surface area contributed by atoms with E-state index in [1.165, 1.54) is 12.1 Å². The first-order valence-electron chi connectivity index (χ1n) is 12.6. The number of para-hydroxylation sites is 1. The van der Waals surface area contributed by atoms with E-state index in [9.17, 15) is 22.0 Å². The monoisotopic (exact) mass is 546 g/mol. The average molecular weight is 547 g/mol. The van der Waals surface area contributed by atoms with Crippen LogP contribution >= 0.6 is 0 Å². The Kier molecular flexibility index (Phi) is 6.48. The van der Waals surface area contributed by atoms with E-state index < -0.39 is 21.5 Å². The molecule has 0 saturated carbocycles. The third-order valence-electron chi connectivity index (χ3n) is 7.13. The summed E-state index contributed by atoms with van der Waals surface area (Å²) in [7, 11) is -2.99. The molecule has 2 heterocycles. The zero-order valence-corrected chi connectivity index (χ0v) is 21.7. The van der Waals surface area contributed by atoms with Crippen LogP contribution in [-0.2, 0) is 9.84 Å². The van der Waals surface area contributed by atoms with Gasteiger partial charge in [-0.25, -0.2) is 17.2 Å². The van der Waals surface area contributed by atoms with Crippen LogP contribution in [0.2, 0.25) is 0 Å². The van der Waals surface area contributed by atoms with Crippen LogP contribution < -0.4 is 4.74 Å². The van der Waals surface area contributed by atoms with Gasteiger partial charge in [-0.15, -0.1) is 0 Å². The maximum atomic E-state index is 14.4. The SMILES string of the molecule is O=C1C(c2cnc3ccccc3c2)=C(c2cc(F)cc(F)c2)c2c(OCCN3CCS(=O)(=O)CC3)cccc21. The Labute approximate surface area is 224 Å². The van der Waals surface area contributed by atoms with Gasteiger partial charge in [0.15, 0.2) is 15.6 Å². The number of hydrogen-bond donors (Lipinski definition) is 0. The molecule has 0 atom stereocenters. The van der Waals surface area contributed by atoms with Crippen molar-refractivity contribution in [1.29, 1.82) is 0 Å². The van der Waals surface area contributed by atoms with Crippen molar-refractivity contribution in [2.24, 2.45) is 0 Å². The molecule has 198 valence electrons. The van der Waals surface area contributed by atoms with Gasteiger partial charge in [0, 0.05) is 65.1 Å². The highest BCUT2D eigenvalue weighted by Crippen LogP contribution is 2.46. The van der Waals surface area contributed by atoms with Gasteiger partial charge in [0.1, 0.15) is 24.0 Å². The second-order valence-electron chi connectivity index (χ2n) is 9.67. The molecule has 0 bridgehead atoms. The number of carbonyl (C=O) groups excluding carboxylic acids is 1. The van der Waals surface area contributed by atoms with E-state index in [2.05, 4.69) is 4.98 Å². The lowest BCUT2D eigenvalue weighted by molar-refractivity contribution is 0.105. The number of rotatable bonds is 6. The Morgan fingerprint density at radius 2 is 1.62 bits per heavy atom. The molecular formula is C30H24F2N2O4S. The summed E-state index contributed by atoms with van der Waals surface area (Å²) in [4.78, 5) is 20.3. The normalized spacial score (nSPS) is 17.0. The second kappa shape index (κ2) is 9.98. The summed E-state index contributed by atoms with van der Waals surface area (Å²) in [5.41, 5.74) is 3.04. The summed E-state index contributed by atoms with van der Waals surface area (Å²) in [6, 6.07) is 17.7. The van der Waals surface area contributed by atoms with Crippen molar-refractivity contribution < 1.29 is 26.7 Å². The van der Waals surface area contributed by atoms with Crippen molar-refractivity contribution in [2.75, 3.05) is 37.7 Å². The fourth-order valence-corrected chi connectivity index (χ4v) is 6.48. The van der Waals surface area contributed by atoms with Crippen LogP contribution in [0.5, 0.6) is 5.75 Å². The van der Waals surface area contributed by atoms with E-state index in [4.69, 9.17) is 4.74 Å². The first kappa shape index (κ1) is 25.3. The molecule has 9 heteroatoms. The smallest absolute Gasteiger partial charge is 0.195 e. The molecule has 1 aliphatic carbocycles. The lowest BCUT2D eigenvalue weighted by atomic mass is 9.93. The average Bonchev–Trinajstić information content (AvgIpc) is 3.22. The summed E-state index contributed by atoms with van der Waals surface area (Å²) in [6.07, 6.45) is 1.60. The third-order valence-corrected chi connectivity index (χ3v) is 8.74. The summed E-state index contributed by atoms with van der Waals surface area (Å²) in [6.45, 7) is 1.62. The van der Waals surface area contributed by atoms with Gasteiger partial charge in [0.2, 0.25) is 0 Å². The fourth-order valence-electron chi connectivity index (χ4n) is 5.20. The van der Waals surface area contributed by atoms with Crippen molar-refractivity contribution in [3.8, 4) is 5.75 Å². The predicted molar refractivity (Wildman–Crippen MR) is 145 cm³/mol. The molecule has 2 aliphatic rings. The Morgan fingerprint density at radius 1 is 0.872 bits per heavy atom. The zero-order valence-electron chi connectivity index (χ0n) is 20.9. The van der Waals surface area contributed by atoms with Gasteiger partial charge in [0.25, 0.3) is 0 Å². The molecule has 1 aromatic heterocycles. The van der Waals surface area contributed by atoms with Gasteiger partial charge in [-0.3, -0.25) is 14.7 Å². The number of Topliss-reactive ketones (excluding diaryl/α,β-unsaturated/α-hetero) is 1. The van der Waals surface area contributed by atoms with Gasteiger partial charge in [0.05, 0.1) is 17.0 Å². The van der Waals surface area contributed by atoms with Gasteiger partial charge in [-0.2, -0.15) is 0 Å². The minimum Gasteiger partial charge on any atom is -0.492 e. The topological polar surface area (TPSA) is 76.6 Å². The molecule has 0 radical (unpaired) electrons. The first-order valence-corrected chi connectivity index (χ1v) is 14.4. The molecule has 0 N–H and O–H groups in total. The van der Waals surface area contributed by atoms with Gasteiger partial charge >= 0.3 is 0 Å². The molecule has 1 aliphatic heterocycles. The maximum absolute atomic E-state index is 14.4. The number of ether oxygens (including phenoxy) is 1. The largest absolute Gasteiger partial charge is 0.492 e. The number of sulfone groups is 1. The highest BCUT2D eigenvalue weighted by Gasteiger charge is 2.35. The summed E-state index contributed by atoms with van der Waals surface area (Å²) in [5, 5.41) is 0.830. The van der Waals surface area contributed by atoms with Crippen LogP contribution in [0.4, 0.5) is 8.78 Å².